The van der Waals surface area contributed by atoms with Crippen LogP contribution in [0.1, 0.15) is 32.2 Å². The highest BCUT2D eigenvalue weighted by atomic mass is 32.2. The molecule has 2 N–H and O–H groups in total. The summed E-state index contributed by atoms with van der Waals surface area (Å²) in [6, 6.07) is 8.16. The number of sulfonamides is 1. The first kappa shape index (κ1) is 23.0. The molecule has 2 aromatic heterocycles. The Balaban J connectivity index is 1.45. The average molecular weight is 491 g/mol. The second-order valence-electron chi connectivity index (χ2n) is 7.58. The highest BCUT2D eigenvalue weighted by molar-refractivity contribution is 7.91. The van der Waals surface area contributed by atoms with Gasteiger partial charge in [0, 0.05) is 43.1 Å². The number of furan rings is 1. The predicted molar refractivity (Wildman–Crippen MR) is 122 cm³/mol. The molecule has 12 heteroatoms. The number of thiazole rings is 1. The van der Waals surface area contributed by atoms with Crippen molar-refractivity contribution >= 4 is 38.9 Å². The molecule has 0 bridgehead atoms. The third-order valence-corrected chi connectivity index (χ3v) is 8.84. The molecular weight excluding hydrogens is 468 g/mol. The Kier molecular flexibility index (Phi) is 6.23. The van der Waals surface area contributed by atoms with E-state index in [1.54, 1.807) is 42.2 Å². The summed E-state index contributed by atoms with van der Waals surface area (Å²) in [4.78, 5) is 40.5. The maximum Gasteiger partial charge on any atom is 0.305 e. The Bertz CT molecular complexity index is 1350. The van der Waals surface area contributed by atoms with E-state index in [1.807, 2.05) is 6.92 Å². The van der Waals surface area contributed by atoms with Crippen LogP contribution >= 0.6 is 11.3 Å². The van der Waals surface area contributed by atoms with Crippen LogP contribution in [0.15, 0.2) is 50.0 Å². The Morgan fingerprint density at radius 1 is 1.12 bits per heavy atom. The third-order valence-electron chi connectivity index (χ3n) is 5.36. The lowest BCUT2D eigenvalue weighted by atomic mass is 10.1. The van der Waals surface area contributed by atoms with Gasteiger partial charge < -0.3 is 19.6 Å². The van der Waals surface area contributed by atoms with Crippen molar-refractivity contribution in [3.8, 4) is 0 Å². The van der Waals surface area contributed by atoms with Crippen LogP contribution in [0.3, 0.4) is 0 Å². The minimum atomic E-state index is -3.81. The van der Waals surface area contributed by atoms with Crippen LogP contribution in [0, 0.1) is 13.8 Å². The molecule has 3 heterocycles. The topological polar surface area (TPSA) is 133 Å². The zero-order chi connectivity index (χ0) is 23.8. The zero-order valence-corrected chi connectivity index (χ0v) is 19.6. The van der Waals surface area contributed by atoms with E-state index in [9.17, 15) is 22.8 Å². The monoisotopic (exact) mass is 490 g/mol. The molecule has 1 saturated heterocycles. The molecule has 174 valence electrons. The van der Waals surface area contributed by atoms with Crippen molar-refractivity contribution in [1.82, 2.24) is 14.2 Å². The Labute approximate surface area is 193 Å². The highest BCUT2D eigenvalue weighted by Crippen LogP contribution is 2.24. The number of aryl methyl sites for hydroxylation is 2. The molecule has 0 aliphatic carbocycles. The van der Waals surface area contributed by atoms with Crippen LogP contribution < -0.4 is 10.2 Å². The van der Waals surface area contributed by atoms with Gasteiger partial charge in [0.1, 0.15) is 0 Å². The lowest BCUT2D eigenvalue weighted by molar-refractivity contribution is 0.0697. The molecule has 0 unspecified atom stereocenters. The number of hydrogen-bond acceptors (Lipinski definition) is 7. The van der Waals surface area contributed by atoms with Gasteiger partial charge >= 0.3 is 4.87 Å². The number of nitrogens with zero attached hydrogens (tertiary/aromatic N) is 2. The van der Waals surface area contributed by atoms with Gasteiger partial charge in [-0.15, -0.1) is 0 Å². The number of aromatic amines is 1. The molecule has 0 radical (unpaired) electrons. The molecule has 33 heavy (non-hydrogen) atoms. The number of benzene rings is 1. The molecule has 2 amide bonds. The lowest BCUT2D eigenvalue weighted by Gasteiger charge is -2.34. The SMILES string of the molecule is Cc1ccc(C(=O)N2CCN(S(=O)(=O)c3sc(=O)[nH]c3C)CC2)cc1NC(=O)c1ccco1. The van der Waals surface area contributed by atoms with Crippen molar-refractivity contribution < 1.29 is 22.4 Å². The van der Waals surface area contributed by atoms with Gasteiger partial charge in [-0.3, -0.25) is 14.4 Å². The maximum atomic E-state index is 13.0. The first-order valence-corrected chi connectivity index (χ1v) is 12.4. The van der Waals surface area contributed by atoms with Crippen molar-refractivity contribution in [2.75, 3.05) is 31.5 Å². The van der Waals surface area contributed by atoms with Gasteiger partial charge in [-0.25, -0.2) is 8.42 Å². The molecule has 4 rings (SSSR count). The number of rotatable bonds is 5. The molecule has 1 fully saturated rings. The van der Waals surface area contributed by atoms with Crippen LogP contribution in [-0.4, -0.2) is 60.6 Å². The summed E-state index contributed by atoms with van der Waals surface area (Å²) in [5.41, 5.74) is 1.96. The molecule has 0 spiro atoms. The smallest absolute Gasteiger partial charge is 0.305 e. The molecule has 0 saturated carbocycles. The quantitative estimate of drug-likeness (QED) is 0.562. The van der Waals surface area contributed by atoms with Crippen LogP contribution in [0.4, 0.5) is 5.69 Å². The molecule has 1 aliphatic heterocycles. The summed E-state index contributed by atoms with van der Waals surface area (Å²) in [6.45, 7) is 4.01. The van der Waals surface area contributed by atoms with E-state index < -0.39 is 20.8 Å². The fourth-order valence-electron chi connectivity index (χ4n) is 3.55. The van der Waals surface area contributed by atoms with Crippen molar-refractivity contribution in [2.45, 2.75) is 18.1 Å². The lowest BCUT2D eigenvalue weighted by Crippen LogP contribution is -2.50. The van der Waals surface area contributed by atoms with E-state index in [1.165, 1.54) is 10.6 Å². The number of amides is 2. The van der Waals surface area contributed by atoms with Gasteiger partial charge in [-0.1, -0.05) is 17.4 Å². The van der Waals surface area contributed by atoms with Crippen molar-refractivity contribution in [1.29, 1.82) is 0 Å². The van der Waals surface area contributed by atoms with Crippen molar-refractivity contribution in [3.63, 3.8) is 0 Å². The van der Waals surface area contributed by atoms with Gasteiger partial charge in [0.05, 0.1) is 6.26 Å². The average Bonchev–Trinajstić information content (AvgIpc) is 3.45. The number of H-pyrrole nitrogens is 1. The molecule has 3 aromatic rings. The fraction of sp³-hybridized carbons (Fsp3) is 0.286. The first-order valence-electron chi connectivity index (χ1n) is 10.1. The predicted octanol–water partition coefficient (Wildman–Crippen LogP) is 2.05. The number of carbonyl (C=O) groups excluding carboxylic acids is 2. The second kappa shape index (κ2) is 8.96. The van der Waals surface area contributed by atoms with Crippen molar-refractivity contribution in [3.05, 3.63) is 68.8 Å². The third kappa shape index (κ3) is 4.63. The summed E-state index contributed by atoms with van der Waals surface area (Å²) in [5, 5.41) is 2.74. The summed E-state index contributed by atoms with van der Waals surface area (Å²) in [5.74, 6) is -0.525. The van der Waals surface area contributed by atoms with Crippen molar-refractivity contribution in [2.24, 2.45) is 0 Å². The second-order valence-corrected chi connectivity index (χ2v) is 10.7. The van der Waals surface area contributed by atoms with Crippen LogP contribution in [0.2, 0.25) is 0 Å². The van der Waals surface area contributed by atoms with Gasteiger partial charge in [0.25, 0.3) is 21.8 Å². The van der Waals surface area contributed by atoms with E-state index in [2.05, 4.69) is 10.3 Å². The Hall–Kier alpha value is -3.22. The molecule has 1 aromatic carbocycles. The molecular formula is C21H22N4O6S2. The number of aromatic nitrogens is 1. The fourth-order valence-corrected chi connectivity index (χ4v) is 6.41. The summed E-state index contributed by atoms with van der Waals surface area (Å²) < 4.78 is 32.1. The van der Waals surface area contributed by atoms with E-state index in [-0.39, 0.29) is 42.1 Å². The Morgan fingerprint density at radius 2 is 1.85 bits per heavy atom. The Morgan fingerprint density at radius 3 is 2.45 bits per heavy atom. The van der Waals surface area contributed by atoms with Gasteiger partial charge in [-0.05, 0) is 43.7 Å². The van der Waals surface area contributed by atoms with Crippen LogP contribution in [0.5, 0.6) is 0 Å². The number of nitrogens with one attached hydrogen (secondary N) is 2. The van der Waals surface area contributed by atoms with Gasteiger partial charge in [0.2, 0.25) is 0 Å². The van der Waals surface area contributed by atoms with E-state index >= 15 is 0 Å². The maximum absolute atomic E-state index is 13.0. The number of piperazine rings is 1. The van der Waals surface area contributed by atoms with E-state index in [0.29, 0.717) is 28.3 Å². The standard InChI is InChI=1S/C21H22N4O6S2/c1-13-5-6-15(12-16(13)23-18(26)17-4-3-11-31-17)19(27)24-7-9-25(10-8-24)33(29,30)20-14(2)22-21(28)32-20/h3-6,11-12H,7-10H2,1-2H3,(H,22,28)(H,23,26). The largest absolute Gasteiger partial charge is 0.459 e. The van der Waals surface area contributed by atoms with Gasteiger partial charge in [-0.2, -0.15) is 4.31 Å². The molecule has 1 aliphatic rings. The first-order chi connectivity index (χ1) is 15.7. The zero-order valence-electron chi connectivity index (χ0n) is 18.0. The van der Waals surface area contributed by atoms with E-state index in [4.69, 9.17) is 4.42 Å². The summed E-state index contributed by atoms with van der Waals surface area (Å²) >= 11 is 0.663. The minimum Gasteiger partial charge on any atom is -0.459 e. The number of hydrogen-bond donors (Lipinski definition) is 2. The molecule has 0 atom stereocenters. The number of carbonyl (C=O) groups is 2. The summed E-state index contributed by atoms with van der Waals surface area (Å²) in [7, 11) is -3.81. The van der Waals surface area contributed by atoms with Crippen LogP contribution in [0.25, 0.3) is 0 Å². The highest BCUT2D eigenvalue weighted by Gasteiger charge is 2.33. The van der Waals surface area contributed by atoms with Crippen LogP contribution in [-0.2, 0) is 10.0 Å². The number of anilines is 1. The van der Waals surface area contributed by atoms with E-state index in [0.717, 1.165) is 5.56 Å². The van der Waals surface area contributed by atoms with Gasteiger partial charge in [0.15, 0.2) is 9.97 Å². The minimum absolute atomic E-state index is 0.00255. The normalized spacial score (nSPS) is 14.9. The molecule has 10 nitrogen and oxygen atoms in total. The summed E-state index contributed by atoms with van der Waals surface area (Å²) in [6.07, 6.45) is 1.40.